The van der Waals surface area contributed by atoms with E-state index in [1.807, 2.05) is 25.1 Å². The van der Waals surface area contributed by atoms with Crippen LogP contribution in [0.25, 0.3) is 0 Å². The van der Waals surface area contributed by atoms with E-state index >= 15 is 0 Å². The summed E-state index contributed by atoms with van der Waals surface area (Å²) < 4.78 is 39.6. The minimum atomic E-state index is -3.47. The first kappa shape index (κ1) is 20.6. The minimum absolute atomic E-state index is 0.0743. The van der Waals surface area contributed by atoms with Gasteiger partial charge in [0, 0.05) is 13.1 Å². The molecule has 2 heterocycles. The van der Waals surface area contributed by atoms with Crippen LogP contribution < -0.4 is 0 Å². The lowest BCUT2D eigenvalue weighted by Crippen LogP contribution is -2.37. The molecule has 2 unspecified atom stereocenters. The lowest BCUT2D eigenvalue weighted by Gasteiger charge is -2.26. The summed E-state index contributed by atoms with van der Waals surface area (Å²) in [4.78, 5) is 0.345. The van der Waals surface area contributed by atoms with Gasteiger partial charge in [0.15, 0.2) is 0 Å². The Morgan fingerprint density at radius 3 is 2.04 bits per heavy atom. The summed E-state index contributed by atoms with van der Waals surface area (Å²) in [6, 6.07) is 7.01. The van der Waals surface area contributed by atoms with Crippen LogP contribution in [-0.2, 0) is 19.3 Å². The van der Waals surface area contributed by atoms with Crippen molar-refractivity contribution >= 4 is 17.1 Å². The number of rotatable bonds is 5. The molecule has 0 bridgehead atoms. The molecular weight excluding hydrogens is 361 g/mol. The highest BCUT2D eigenvalue weighted by Crippen LogP contribution is 2.32. The quantitative estimate of drug-likeness (QED) is 0.722. The Morgan fingerprint density at radius 2 is 1.59 bits per heavy atom. The SMILES string of the molecule is Cc1ccc(S(=O)(=O)N2CC=C(B3OC(C(C)C)C(C(C)C)O3)CC2)cc1. The van der Waals surface area contributed by atoms with Crippen LogP contribution in [0.15, 0.2) is 40.7 Å². The largest absolute Gasteiger partial charge is 0.489 e. The van der Waals surface area contributed by atoms with E-state index in [-0.39, 0.29) is 19.3 Å². The van der Waals surface area contributed by atoms with E-state index in [0.29, 0.717) is 36.2 Å². The average molecular weight is 391 g/mol. The molecule has 0 amide bonds. The van der Waals surface area contributed by atoms with Gasteiger partial charge in [-0.3, -0.25) is 0 Å². The van der Waals surface area contributed by atoms with Crippen LogP contribution >= 0.6 is 0 Å². The zero-order valence-electron chi connectivity index (χ0n) is 16.9. The van der Waals surface area contributed by atoms with Gasteiger partial charge in [0.1, 0.15) is 0 Å². The van der Waals surface area contributed by atoms with Crippen molar-refractivity contribution in [2.45, 2.75) is 58.1 Å². The third-order valence-corrected chi connectivity index (χ3v) is 7.25. The summed E-state index contributed by atoms with van der Waals surface area (Å²) >= 11 is 0. The van der Waals surface area contributed by atoms with Gasteiger partial charge in [-0.05, 0) is 42.8 Å². The zero-order valence-corrected chi connectivity index (χ0v) is 17.7. The van der Waals surface area contributed by atoms with Crippen LogP contribution in [0.3, 0.4) is 0 Å². The van der Waals surface area contributed by atoms with Crippen LogP contribution in [0.1, 0.15) is 39.7 Å². The summed E-state index contributed by atoms with van der Waals surface area (Å²) in [5.41, 5.74) is 2.10. The number of hydrogen-bond donors (Lipinski definition) is 0. The molecule has 1 aromatic rings. The molecule has 0 saturated carbocycles. The standard InChI is InChI=1S/C20H30BNO4S/c1-14(2)19-20(15(3)4)26-21(25-19)17-10-12-22(13-11-17)27(23,24)18-8-6-16(5)7-9-18/h6-10,14-15,19-20H,11-13H2,1-5H3. The van der Waals surface area contributed by atoms with E-state index < -0.39 is 10.0 Å². The van der Waals surface area contributed by atoms with Crippen molar-refractivity contribution in [2.75, 3.05) is 13.1 Å². The maximum absolute atomic E-state index is 12.8. The van der Waals surface area contributed by atoms with Crippen molar-refractivity contribution in [1.82, 2.24) is 4.31 Å². The molecule has 5 nitrogen and oxygen atoms in total. The van der Waals surface area contributed by atoms with Gasteiger partial charge >= 0.3 is 7.12 Å². The van der Waals surface area contributed by atoms with Crippen LogP contribution in [0.4, 0.5) is 0 Å². The third-order valence-electron chi connectivity index (χ3n) is 5.37. The molecule has 7 heteroatoms. The second-order valence-corrected chi connectivity index (χ2v) is 10.2. The predicted octanol–water partition coefficient (Wildman–Crippen LogP) is 3.44. The van der Waals surface area contributed by atoms with Gasteiger partial charge in [0.05, 0.1) is 17.1 Å². The van der Waals surface area contributed by atoms with Gasteiger partial charge in [-0.2, -0.15) is 4.31 Å². The van der Waals surface area contributed by atoms with E-state index in [4.69, 9.17) is 9.31 Å². The Labute approximate surface area is 163 Å². The number of benzene rings is 1. The van der Waals surface area contributed by atoms with Gasteiger partial charge in [0.2, 0.25) is 10.0 Å². The van der Waals surface area contributed by atoms with Crippen molar-refractivity contribution in [3.8, 4) is 0 Å². The number of hydrogen-bond acceptors (Lipinski definition) is 4. The highest BCUT2D eigenvalue weighted by molar-refractivity contribution is 7.89. The molecular formula is C20H30BNO4S. The van der Waals surface area contributed by atoms with Crippen LogP contribution in [0.2, 0.25) is 0 Å². The fraction of sp³-hybridized carbons (Fsp3) is 0.600. The molecule has 0 spiro atoms. The van der Waals surface area contributed by atoms with Crippen molar-refractivity contribution in [2.24, 2.45) is 11.8 Å². The molecule has 2 aliphatic rings. The predicted molar refractivity (Wildman–Crippen MR) is 108 cm³/mol. The van der Waals surface area contributed by atoms with Crippen LogP contribution in [-0.4, -0.2) is 45.1 Å². The first-order valence-electron chi connectivity index (χ1n) is 9.77. The van der Waals surface area contributed by atoms with Crippen molar-refractivity contribution in [3.05, 3.63) is 41.4 Å². The normalized spacial score (nSPS) is 24.7. The highest BCUT2D eigenvalue weighted by Gasteiger charge is 2.45. The molecule has 1 fully saturated rings. The number of nitrogens with zero attached hydrogens (tertiary/aromatic N) is 1. The lowest BCUT2D eigenvalue weighted by molar-refractivity contribution is 0.0815. The molecule has 148 valence electrons. The summed E-state index contributed by atoms with van der Waals surface area (Å²) in [7, 11) is -3.82. The molecule has 0 aromatic heterocycles. The molecule has 1 saturated heterocycles. The van der Waals surface area contributed by atoms with Crippen LogP contribution in [0.5, 0.6) is 0 Å². The van der Waals surface area contributed by atoms with E-state index in [2.05, 4.69) is 27.7 Å². The molecule has 27 heavy (non-hydrogen) atoms. The molecule has 0 N–H and O–H groups in total. The van der Waals surface area contributed by atoms with Crippen molar-refractivity contribution < 1.29 is 17.7 Å². The molecule has 0 radical (unpaired) electrons. The summed E-state index contributed by atoms with van der Waals surface area (Å²) in [5, 5.41) is 0. The first-order valence-corrected chi connectivity index (χ1v) is 11.2. The Bertz CT molecular complexity index is 773. The molecule has 1 aromatic carbocycles. The Hall–Kier alpha value is -1.15. The number of aryl methyl sites for hydroxylation is 1. The zero-order chi connectivity index (χ0) is 19.8. The fourth-order valence-electron chi connectivity index (χ4n) is 3.68. The second kappa shape index (κ2) is 8.07. The summed E-state index contributed by atoms with van der Waals surface area (Å²) in [6.07, 6.45) is 2.74. The van der Waals surface area contributed by atoms with Gasteiger partial charge in [-0.15, -0.1) is 0 Å². The third kappa shape index (κ3) is 4.31. The van der Waals surface area contributed by atoms with Gasteiger partial charge in [-0.25, -0.2) is 8.42 Å². The summed E-state index contributed by atoms with van der Waals surface area (Å²) in [6.45, 7) is 11.3. The molecule has 3 rings (SSSR count). The van der Waals surface area contributed by atoms with E-state index in [1.165, 1.54) is 4.31 Å². The van der Waals surface area contributed by atoms with Gasteiger partial charge in [-0.1, -0.05) is 51.5 Å². The van der Waals surface area contributed by atoms with E-state index in [9.17, 15) is 8.42 Å². The minimum Gasteiger partial charge on any atom is -0.402 e. The molecule has 2 aliphatic heterocycles. The Kier molecular flexibility index (Phi) is 6.16. The van der Waals surface area contributed by atoms with Crippen LogP contribution in [0, 0.1) is 18.8 Å². The van der Waals surface area contributed by atoms with Crippen molar-refractivity contribution in [1.29, 1.82) is 0 Å². The monoisotopic (exact) mass is 391 g/mol. The highest BCUT2D eigenvalue weighted by atomic mass is 32.2. The Balaban J connectivity index is 1.71. The fourth-order valence-corrected chi connectivity index (χ4v) is 5.06. The average Bonchev–Trinajstić information content (AvgIpc) is 3.08. The van der Waals surface area contributed by atoms with E-state index in [0.717, 1.165) is 11.0 Å². The summed E-state index contributed by atoms with van der Waals surface area (Å²) in [5.74, 6) is 0.759. The maximum Gasteiger partial charge on any atom is 0.489 e. The molecule has 2 atom stereocenters. The topological polar surface area (TPSA) is 55.8 Å². The maximum atomic E-state index is 12.8. The number of sulfonamides is 1. The van der Waals surface area contributed by atoms with E-state index in [1.54, 1.807) is 12.1 Å². The first-order chi connectivity index (χ1) is 12.7. The van der Waals surface area contributed by atoms with Gasteiger partial charge in [0.25, 0.3) is 0 Å². The smallest absolute Gasteiger partial charge is 0.402 e. The van der Waals surface area contributed by atoms with Gasteiger partial charge < -0.3 is 9.31 Å². The van der Waals surface area contributed by atoms with Crippen molar-refractivity contribution in [3.63, 3.8) is 0 Å². The Morgan fingerprint density at radius 1 is 1.04 bits per heavy atom. The lowest BCUT2D eigenvalue weighted by atomic mass is 9.75. The second-order valence-electron chi connectivity index (χ2n) is 8.23. The molecule has 0 aliphatic carbocycles.